The first-order valence-electron chi connectivity index (χ1n) is 6.81. The maximum Gasteiger partial charge on any atom is 0.0139 e. The van der Waals surface area contributed by atoms with Gasteiger partial charge in [-0.3, -0.25) is 0 Å². The van der Waals surface area contributed by atoms with E-state index in [-0.39, 0.29) is 5.54 Å². The summed E-state index contributed by atoms with van der Waals surface area (Å²) < 4.78 is 0. The zero-order valence-corrected chi connectivity index (χ0v) is 13.3. The molecule has 0 radical (unpaired) electrons. The van der Waals surface area contributed by atoms with Crippen LogP contribution in [-0.4, -0.2) is 12.1 Å². The van der Waals surface area contributed by atoms with Crippen LogP contribution < -0.4 is 5.32 Å². The third-order valence-corrected chi connectivity index (χ3v) is 2.57. The highest BCUT2D eigenvalue weighted by Gasteiger charge is 2.24. The topological polar surface area (TPSA) is 12.0 Å². The fraction of sp³-hybridized carbons (Fsp3) is 0.875. The van der Waals surface area contributed by atoms with Crippen LogP contribution in [0.1, 0.15) is 68.2 Å². The number of hydrogen-bond donors (Lipinski definition) is 1. The van der Waals surface area contributed by atoms with Crippen LogP contribution in [0.2, 0.25) is 0 Å². The van der Waals surface area contributed by atoms with Gasteiger partial charge in [-0.05, 0) is 37.5 Å². The Bertz CT molecular complexity index is 235. The molecule has 1 N–H and O–H groups in total. The van der Waals surface area contributed by atoms with Gasteiger partial charge < -0.3 is 5.32 Å². The van der Waals surface area contributed by atoms with Crippen molar-refractivity contribution in [3.8, 4) is 0 Å². The Hall–Kier alpha value is -0.300. The monoisotopic (exact) mass is 239 g/mol. The summed E-state index contributed by atoms with van der Waals surface area (Å²) in [5, 5.41) is 3.61. The summed E-state index contributed by atoms with van der Waals surface area (Å²) in [4.78, 5) is 0. The first-order chi connectivity index (χ1) is 7.41. The molecule has 1 nitrogen and oxygen atoms in total. The number of allylic oxidation sites excluding steroid dienone is 1. The minimum atomic E-state index is 0.213. The molecular weight excluding hydrogens is 206 g/mol. The molecule has 0 aromatic carbocycles. The summed E-state index contributed by atoms with van der Waals surface area (Å²) in [6, 6.07) is 0. The quantitative estimate of drug-likeness (QED) is 0.681. The van der Waals surface area contributed by atoms with Gasteiger partial charge in [0.1, 0.15) is 0 Å². The second kappa shape index (κ2) is 6.04. The summed E-state index contributed by atoms with van der Waals surface area (Å²) in [6.45, 7) is 19.3. The van der Waals surface area contributed by atoms with Gasteiger partial charge in [0, 0.05) is 12.1 Å². The van der Waals surface area contributed by atoms with E-state index in [9.17, 15) is 0 Å². The van der Waals surface area contributed by atoms with E-state index in [1.54, 1.807) is 0 Å². The van der Waals surface area contributed by atoms with Gasteiger partial charge >= 0.3 is 0 Å². The zero-order chi connectivity index (χ0) is 13.7. The molecule has 1 heteroatoms. The molecule has 0 aromatic heterocycles. The Kier molecular flexibility index (Phi) is 5.93. The van der Waals surface area contributed by atoms with Gasteiger partial charge in [0.15, 0.2) is 0 Å². The van der Waals surface area contributed by atoms with E-state index in [1.807, 2.05) is 0 Å². The highest BCUT2D eigenvalue weighted by Crippen LogP contribution is 2.26. The molecule has 0 heterocycles. The molecular formula is C16H33N. The standard InChI is InChI=1S/C16H33N/c1-14(2,3)11-9-10-12-17-16(7,8)13-15(4,5)6/h9-10,17H,11-13H2,1-8H3. The van der Waals surface area contributed by atoms with Crippen molar-refractivity contribution in [3.63, 3.8) is 0 Å². The first-order valence-corrected chi connectivity index (χ1v) is 6.81. The third-order valence-electron chi connectivity index (χ3n) is 2.57. The van der Waals surface area contributed by atoms with Crippen molar-refractivity contribution in [1.29, 1.82) is 0 Å². The molecule has 0 atom stereocenters. The molecule has 0 saturated heterocycles. The van der Waals surface area contributed by atoms with Crippen LogP contribution in [0.25, 0.3) is 0 Å². The van der Waals surface area contributed by atoms with Crippen molar-refractivity contribution in [1.82, 2.24) is 5.32 Å². The Morgan fingerprint density at radius 2 is 1.29 bits per heavy atom. The summed E-state index contributed by atoms with van der Waals surface area (Å²) in [6.07, 6.45) is 6.89. The molecule has 0 saturated carbocycles. The molecule has 0 aromatic rings. The van der Waals surface area contributed by atoms with E-state index < -0.39 is 0 Å². The predicted molar refractivity (Wildman–Crippen MR) is 79.4 cm³/mol. The van der Waals surface area contributed by atoms with Crippen LogP contribution in [0.3, 0.4) is 0 Å². The largest absolute Gasteiger partial charge is 0.308 e. The van der Waals surface area contributed by atoms with Crippen molar-refractivity contribution in [2.45, 2.75) is 73.8 Å². The summed E-state index contributed by atoms with van der Waals surface area (Å²) in [7, 11) is 0. The second-order valence-corrected chi connectivity index (χ2v) is 8.24. The molecule has 0 amide bonds. The van der Waals surface area contributed by atoms with Gasteiger partial charge in [0.2, 0.25) is 0 Å². The maximum atomic E-state index is 3.61. The lowest BCUT2D eigenvalue weighted by Gasteiger charge is -2.33. The van der Waals surface area contributed by atoms with Crippen molar-refractivity contribution < 1.29 is 0 Å². The van der Waals surface area contributed by atoms with E-state index in [2.05, 4.69) is 72.9 Å². The SMILES string of the molecule is CC(C)(C)CC=CCNC(C)(C)CC(C)(C)C. The lowest BCUT2D eigenvalue weighted by molar-refractivity contribution is 0.248. The van der Waals surface area contributed by atoms with E-state index in [4.69, 9.17) is 0 Å². The minimum absolute atomic E-state index is 0.213. The molecule has 102 valence electrons. The third kappa shape index (κ3) is 12.0. The van der Waals surface area contributed by atoms with Gasteiger partial charge in [-0.25, -0.2) is 0 Å². The average Bonchev–Trinajstić information content (AvgIpc) is 1.95. The predicted octanol–water partition coefficient (Wildman–Crippen LogP) is 4.78. The molecule has 17 heavy (non-hydrogen) atoms. The smallest absolute Gasteiger partial charge is 0.0139 e. The number of nitrogens with one attached hydrogen (secondary N) is 1. The van der Waals surface area contributed by atoms with Gasteiger partial charge in [-0.15, -0.1) is 0 Å². The highest BCUT2D eigenvalue weighted by atomic mass is 14.9. The van der Waals surface area contributed by atoms with Crippen LogP contribution in [0.15, 0.2) is 12.2 Å². The highest BCUT2D eigenvalue weighted by molar-refractivity contribution is 4.91. The summed E-state index contributed by atoms with van der Waals surface area (Å²) in [5.74, 6) is 0. The lowest BCUT2D eigenvalue weighted by atomic mass is 9.82. The molecule has 0 bridgehead atoms. The van der Waals surface area contributed by atoms with Crippen molar-refractivity contribution in [2.24, 2.45) is 10.8 Å². The van der Waals surface area contributed by atoms with Gasteiger partial charge in [0.25, 0.3) is 0 Å². The van der Waals surface area contributed by atoms with Crippen molar-refractivity contribution in [2.75, 3.05) is 6.54 Å². The molecule has 0 rings (SSSR count). The van der Waals surface area contributed by atoms with E-state index in [0.29, 0.717) is 10.8 Å². The van der Waals surface area contributed by atoms with Crippen LogP contribution >= 0.6 is 0 Å². The van der Waals surface area contributed by atoms with Gasteiger partial charge in [0.05, 0.1) is 0 Å². The Labute approximate surface area is 109 Å². The Morgan fingerprint density at radius 1 is 0.765 bits per heavy atom. The van der Waals surface area contributed by atoms with Crippen LogP contribution in [0.4, 0.5) is 0 Å². The van der Waals surface area contributed by atoms with E-state index in [1.165, 1.54) is 6.42 Å². The Balaban J connectivity index is 3.95. The maximum absolute atomic E-state index is 3.61. The summed E-state index contributed by atoms with van der Waals surface area (Å²) in [5.41, 5.74) is 0.993. The van der Waals surface area contributed by atoms with Crippen molar-refractivity contribution >= 4 is 0 Å². The molecule has 0 fully saturated rings. The zero-order valence-electron chi connectivity index (χ0n) is 13.3. The number of hydrogen-bond acceptors (Lipinski definition) is 1. The van der Waals surface area contributed by atoms with Gasteiger partial charge in [-0.2, -0.15) is 0 Å². The lowest BCUT2D eigenvalue weighted by Crippen LogP contribution is -2.42. The van der Waals surface area contributed by atoms with Crippen LogP contribution in [0.5, 0.6) is 0 Å². The fourth-order valence-electron chi connectivity index (χ4n) is 2.24. The van der Waals surface area contributed by atoms with Gasteiger partial charge in [-0.1, -0.05) is 53.7 Å². The first kappa shape index (κ1) is 16.7. The van der Waals surface area contributed by atoms with Crippen molar-refractivity contribution in [3.05, 3.63) is 12.2 Å². The molecule has 0 unspecified atom stereocenters. The molecule has 0 spiro atoms. The minimum Gasteiger partial charge on any atom is -0.308 e. The molecule has 0 aliphatic rings. The fourth-order valence-corrected chi connectivity index (χ4v) is 2.24. The van der Waals surface area contributed by atoms with E-state index in [0.717, 1.165) is 13.0 Å². The molecule has 0 aliphatic carbocycles. The van der Waals surface area contributed by atoms with E-state index >= 15 is 0 Å². The number of rotatable bonds is 5. The summed E-state index contributed by atoms with van der Waals surface area (Å²) >= 11 is 0. The Morgan fingerprint density at radius 3 is 1.71 bits per heavy atom. The average molecular weight is 239 g/mol. The normalized spacial score (nSPS) is 14.6. The second-order valence-electron chi connectivity index (χ2n) is 8.24. The van der Waals surface area contributed by atoms with Crippen LogP contribution in [0, 0.1) is 10.8 Å². The van der Waals surface area contributed by atoms with Crippen LogP contribution in [-0.2, 0) is 0 Å². The molecule has 0 aliphatic heterocycles.